The second-order valence-corrected chi connectivity index (χ2v) is 8.32. The van der Waals surface area contributed by atoms with Crippen LogP contribution in [-0.2, 0) is 11.4 Å². The van der Waals surface area contributed by atoms with Crippen molar-refractivity contribution in [3.05, 3.63) is 103 Å². The number of ether oxygens (including phenoxy) is 2. The molecule has 180 valence electrons. The van der Waals surface area contributed by atoms with Crippen molar-refractivity contribution in [1.29, 1.82) is 0 Å². The predicted octanol–water partition coefficient (Wildman–Crippen LogP) is 5.03. The summed E-state index contributed by atoms with van der Waals surface area (Å²) in [6.45, 7) is 2.19. The molecule has 0 aliphatic rings. The summed E-state index contributed by atoms with van der Waals surface area (Å²) < 4.78 is 12.2. The predicted molar refractivity (Wildman–Crippen MR) is 137 cm³/mol. The molecule has 0 saturated carbocycles. The average molecular weight is 588 g/mol. The zero-order valence-electron chi connectivity index (χ0n) is 18.6. The first-order valence-corrected chi connectivity index (χ1v) is 11.5. The molecule has 2 N–H and O–H groups in total. The van der Waals surface area contributed by atoms with Gasteiger partial charge >= 0.3 is 5.97 Å². The number of nitro benzene ring substituents is 1. The molecule has 3 aromatic carbocycles. The highest BCUT2D eigenvalue weighted by Crippen LogP contribution is 2.35. The fourth-order valence-corrected chi connectivity index (χ4v) is 3.87. The number of carboxylic acids is 1. The molecule has 0 aromatic heterocycles. The number of nitro groups is 1. The number of benzene rings is 3. The number of rotatable bonds is 10. The van der Waals surface area contributed by atoms with Gasteiger partial charge in [-0.1, -0.05) is 30.3 Å². The Morgan fingerprint density at radius 3 is 2.49 bits per heavy atom. The summed E-state index contributed by atoms with van der Waals surface area (Å²) >= 11 is 2.03. The summed E-state index contributed by atoms with van der Waals surface area (Å²) in [5.74, 6) is -1.05. The van der Waals surface area contributed by atoms with Crippen LogP contribution in [0.5, 0.6) is 11.5 Å². The van der Waals surface area contributed by atoms with Crippen LogP contribution in [0.2, 0.25) is 0 Å². The lowest BCUT2D eigenvalue weighted by atomic mass is 10.1. The monoisotopic (exact) mass is 588 g/mol. The third kappa shape index (κ3) is 7.03. The van der Waals surface area contributed by atoms with Gasteiger partial charge in [-0.25, -0.2) is 4.79 Å². The van der Waals surface area contributed by atoms with E-state index >= 15 is 0 Å². The molecular formula is C25H21IN2O7. The van der Waals surface area contributed by atoms with Crippen molar-refractivity contribution in [3.63, 3.8) is 0 Å². The molecule has 0 aliphatic heterocycles. The Hall–Kier alpha value is -3.93. The molecule has 3 rings (SSSR count). The number of carboxylic acid groups (broad SMARTS) is 1. The number of nitrogens with zero attached hydrogens (tertiary/aromatic N) is 1. The molecule has 0 bridgehead atoms. The number of hydrogen-bond acceptors (Lipinski definition) is 6. The van der Waals surface area contributed by atoms with E-state index in [2.05, 4.69) is 5.32 Å². The van der Waals surface area contributed by atoms with E-state index in [4.69, 9.17) is 9.47 Å². The topological polar surface area (TPSA) is 128 Å². The van der Waals surface area contributed by atoms with Gasteiger partial charge in [-0.3, -0.25) is 14.9 Å². The second kappa shape index (κ2) is 12.0. The standard InChI is InChI=1S/C25H21IN2O7/c1-2-34-22-14-17(13-21(25(30)31)27-24(29)18-8-4-3-5-9-18)12-20(26)23(22)35-15-16-7-6-10-19(11-16)28(32)33/h3-14H,2,15H2,1H3,(H,27,29)(H,30,31)/b21-13+. The summed E-state index contributed by atoms with van der Waals surface area (Å²) in [7, 11) is 0. The van der Waals surface area contributed by atoms with Gasteiger partial charge in [0.2, 0.25) is 0 Å². The molecule has 35 heavy (non-hydrogen) atoms. The van der Waals surface area contributed by atoms with E-state index in [0.717, 1.165) is 0 Å². The number of hydrogen-bond donors (Lipinski definition) is 2. The van der Waals surface area contributed by atoms with Crippen molar-refractivity contribution in [1.82, 2.24) is 5.32 Å². The van der Waals surface area contributed by atoms with Gasteiger partial charge in [0.1, 0.15) is 12.3 Å². The first-order chi connectivity index (χ1) is 16.8. The van der Waals surface area contributed by atoms with E-state index in [-0.39, 0.29) is 18.0 Å². The highest BCUT2D eigenvalue weighted by atomic mass is 127. The van der Waals surface area contributed by atoms with E-state index < -0.39 is 16.8 Å². The number of halogens is 1. The van der Waals surface area contributed by atoms with Crippen LogP contribution < -0.4 is 14.8 Å². The Morgan fingerprint density at radius 2 is 1.83 bits per heavy atom. The van der Waals surface area contributed by atoms with Gasteiger partial charge in [-0.05, 0) is 71.0 Å². The van der Waals surface area contributed by atoms with E-state index in [1.54, 1.807) is 61.5 Å². The highest BCUT2D eigenvalue weighted by Gasteiger charge is 2.17. The molecule has 0 fully saturated rings. The molecule has 0 atom stereocenters. The molecule has 9 nitrogen and oxygen atoms in total. The normalized spacial score (nSPS) is 11.0. The van der Waals surface area contributed by atoms with Crippen molar-refractivity contribution >= 4 is 46.2 Å². The summed E-state index contributed by atoms with van der Waals surface area (Å²) in [6, 6.07) is 17.7. The first-order valence-electron chi connectivity index (χ1n) is 10.4. The Balaban J connectivity index is 1.87. The lowest BCUT2D eigenvalue weighted by molar-refractivity contribution is -0.384. The molecule has 1 amide bonds. The van der Waals surface area contributed by atoms with E-state index in [1.165, 1.54) is 18.2 Å². The smallest absolute Gasteiger partial charge is 0.352 e. The number of aliphatic carboxylic acids is 1. The van der Waals surface area contributed by atoms with Crippen LogP contribution in [0.15, 0.2) is 72.4 Å². The number of amides is 1. The number of non-ortho nitro benzene ring substituents is 1. The van der Waals surface area contributed by atoms with Crippen LogP contribution in [0.25, 0.3) is 6.08 Å². The Bertz CT molecular complexity index is 1280. The fourth-order valence-electron chi connectivity index (χ4n) is 3.09. The van der Waals surface area contributed by atoms with Gasteiger partial charge in [-0.2, -0.15) is 0 Å². The maximum Gasteiger partial charge on any atom is 0.352 e. The van der Waals surface area contributed by atoms with Crippen molar-refractivity contribution in [2.24, 2.45) is 0 Å². The van der Waals surface area contributed by atoms with Gasteiger partial charge in [0.15, 0.2) is 11.5 Å². The minimum absolute atomic E-state index is 0.0370. The molecule has 0 saturated heterocycles. The SMILES string of the molecule is CCOc1cc(/C=C(/NC(=O)c2ccccc2)C(=O)O)cc(I)c1OCc1cccc([N+](=O)[O-])c1. The molecule has 0 heterocycles. The highest BCUT2D eigenvalue weighted by molar-refractivity contribution is 14.1. The molecule has 10 heteroatoms. The van der Waals surface area contributed by atoms with Crippen LogP contribution in [0.4, 0.5) is 5.69 Å². The maximum atomic E-state index is 12.4. The van der Waals surface area contributed by atoms with E-state index in [1.807, 2.05) is 22.6 Å². The minimum atomic E-state index is -1.30. The summed E-state index contributed by atoms with van der Waals surface area (Å²) in [4.78, 5) is 34.7. The second-order valence-electron chi connectivity index (χ2n) is 7.16. The van der Waals surface area contributed by atoms with Crippen molar-refractivity contribution < 1.29 is 29.1 Å². The number of carbonyl (C=O) groups excluding carboxylic acids is 1. The summed E-state index contributed by atoms with van der Waals surface area (Å²) in [5.41, 5.74) is 1.08. The minimum Gasteiger partial charge on any atom is -0.490 e. The average Bonchev–Trinajstić information content (AvgIpc) is 2.84. The zero-order valence-corrected chi connectivity index (χ0v) is 20.7. The van der Waals surface area contributed by atoms with Crippen molar-refractivity contribution in [2.75, 3.05) is 6.61 Å². The number of nitrogens with one attached hydrogen (secondary N) is 1. The largest absolute Gasteiger partial charge is 0.490 e. The fraction of sp³-hybridized carbons (Fsp3) is 0.120. The van der Waals surface area contributed by atoms with Gasteiger partial charge in [0, 0.05) is 17.7 Å². The molecule has 0 aliphatic carbocycles. The van der Waals surface area contributed by atoms with Crippen LogP contribution >= 0.6 is 22.6 Å². The molecule has 0 radical (unpaired) electrons. The van der Waals surface area contributed by atoms with Gasteiger partial charge in [-0.15, -0.1) is 0 Å². The van der Waals surface area contributed by atoms with E-state index in [0.29, 0.717) is 38.4 Å². The quantitative estimate of drug-likeness (QED) is 0.147. The Kier molecular flexibility index (Phi) is 8.79. The van der Waals surface area contributed by atoms with Gasteiger partial charge in [0.05, 0.1) is 15.1 Å². The van der Waals surface area contributed by atoms with Crippen molar-refractivity contribution in [2.45, 2.75) is 13.5 Å². The summed E-state index contributed by atoms with van der Waals surface area (Å²) in [5, 5.41) is 23.0. The van der Waals surface area contributed by atoms with Crippen LogP contribution in [0, 0.1) is 13.7 Å². The number of carbonyl (C=O) groups is 2. The van der Waals surface area contributed by atoms with Crippen molar-refractivity contribution in [3.8, 4) is 11.5 Å². The molecule has 3 aromatic rings. The van der Waals surface area contributed by atoms with Crippen LogP contribution in [0.1, 0.15) is 28.4 Å². The van der Waals surface area contributed by atoms with Crippen LogP contribution in [-0.4, -0.2) is 28.5 Å². The molecule has 0 spiro atoms. The third-order valence-electron chi connectivity index (χ3n) is 4.66. The van der Waals surface area contributed by atoms with Gasteiger partial charge < -0.3 is 19.9 Å². The van der Waals surface area contributed by atoms with Crippen LogP contribution in [0.3, 0.4) is 0 Å². The Morgan fingerprint density at radius 1 is 1.09 bits per heavy atom. The van der Waals surface area contributed by atoms with Gasteiger partial charge in [0.25, 0.3) is 11.6 Å². The Labute approximate surface area is 214 Å². The third-order valence-corrected chi connectivity index (χ3v) is 5.46. The molecule has 0 unspecified atom stereocenters. The zero-order chi connectivity index (χ0) is 25.4. The molecular weight excluding hydrogens is 567 g/mol. The first kappa shape index (κ1) is 25.7. The van der Waals surface area contributed by atoms with E-state index in [9.17, 15) is 24.8 Å². The lowest BCUT2D eigenvalue weighted by Gasteiger charge is -2.15. The maximum absolute atomic E-state index is 12.4. The lowest BCUT2D eigenvalue weighted by Crippen LogP contribution is -2.27. The summed E-state index contributed by atoms with van der Waals surface area (Å²) in [6.07, 6.45) is 1.33.